The largest absolute Gasteiger partial charge is 0.457 e. The minimum absolute atomic E-state index is 0.0298. The maximum atomic E-state index is 13.5. The lowest BCUT2D eigenvalue weighted by atomic mass is 10.1. The van der Waals surface area contributed by atoms with Gasteiger partial charge >= 0.3 is 5.97 Å². The molecule has 0 fully saturated rings. The lowest BCUT2D eigenvalue weighted by Crippen LogP contribution is -2.29. The number of carbonyl (C=O) groups excluding carboxylic acids is 1. The van der Waals surface area contributed by atoms with Gasteiger partial charge in [0.1, 0.15) is 29.4 Å². The first-order valence-electron chi connectivity index (χ1n) is 11.3. The molecule has 0 saturated carbocycles. The van der Waals surface area contributed by atoms with Gasteiger partial charge in [0.05, 0.1) is 16.8 Å². The molecule has 2 aromatic carbocycles. The van der Waals surface area contributed by atoms with Gasteiger partial charge in [0.2, 0.25) is 0 Å². The highest BCUT2D eigenvalue weighted by Gasteiger charge is 2.26. The molecule has 180 valence electrons. The number of halogens is 1. The van der Waals surface area contributed by atoms with E-state index in [4.69, 9.17) is 4.74 Å². The number of carbonyl (C=O) groups is 1. The van der Waals surface area contributed by atoms with Crippen molar-refractivity contribution in [3.05, 3.63) is 106 Å². The van der Waals surface area contributed by atoms with E-state index in [1.807, 2.05) is 48.7 Å². The van der Waals surface area contributed by atoms with E-state index >= 15 is 0 Å². The standard InChI is InChI=1S/C27H21FN4O3S/c1-2-32-26(33)25(30-21-15-29-14-18-6-3-4-7-20(18)21)23(24(31-32)22-8-5-13-36-22)27(34)35-16-17-9-11-19(28)12-10-17/h3-15,30H,2,16H2,1H3. The molecule has 0 aliphatic heterocycles. The number of anilines is 2. The van der Waals surface area contributed by atoms with Gasteiger partial charge in [-0.05, 0) is 36.1 Å². The van der Waals surface area contributed by atoms with Crippen molar-refractivity contribution in [2.45, 2.75) is 20.1 Å². The molecule has 0 amide bonds. The third-order valence-electron chi connectivity index (χ3n) is 5.63. The molecule has 5 rings (SSSR count). The monoisotopic (exact) mass is 500 g/mol. The average molecular weight is 501 g/mol. The zero-order valence-electron chi connectivity index (χ0n) is 19.3. The fraction of sp³-hybridized carbons (Fsp3) is 0.111. The minimum Gasteiger partial charge on any atom is -0.457 e. The molecule has 0 saturated heterocycles. The molecule has 0 spiro atoms. The van der Waals surface area contributed by atoms with Gasteiger partial charge in [0.25, 0.3) is 5.56 Å². The van der Waals surface area contributed by atoms with Crippen molar-refractivity contribution in [3.8, 4) is 10.6 Å². The summed E-state index contributed by atoms with van der Waals surface area (Å²) >= 11 is 1.40. The van der Waals surface area contributed by atoms with E-state index in [0.717, 1.165) is 10.8 Å². The van der Waals surface area contributed by atoms with E-state index in [9.17, 15) is 14.0 Å². The molecule has 0 aliphatic rings. The Morgan fingerprint density at radius 1 is 1.08 bits per heavy atom. The number of hydrogen-bond donors (Lipinski definition) is 1. The zero-order valence-corrected chi connectivity index (χ0v) is 20.1. The van der Waals surface area contributed by atoms with Gasteiger partial charge in [-0.15, -0.1) is 11.3 Å². The smallest absolute Gasteiger partial charge is 0.343 e. The zero-order chi connectivity index (χ0) is 25.1. The average Bonchev–Trinajstić information content (AvgIpc) is 3.44. The van der Waals surface area contributed by atoms with E-state index in [-0.39, 0.29) is 23.7 Å². The van der Waals surface area contributed by atoms with Crippen LogP contribution in [-0.4, -0.2) is 20.7 Å². The summed E-state index contributed by atoms with van der Waals surface area (Å²) in [6.45, 7) is 2.03. The molecule has 36 heavy (non-hydrogen) atoms. The summed E-state index contributed by atoms with van der Waals surface area (Å²) in [5, 5.41) is 11.3. The lowest BCUT2D eigenvalue weighted by Gasteiger charge is -2.17. The third-order valence-corrected chi connectivity index (χ3v) is 6.50. The Morgan fingerprint density at radius 3 is 2.64 bits per heavy atom. The van der Waals surface area contributed by atoms with Crippen molar-refractivity contribution in [3.63, 3.8) is 0 Å². The Morgan fingerprint density at radius 2 is 1.89 bits per heavy atom. The van der Waals surface area contributed by atoms with Crippen LogP contribution in [0.1, 0.15) is 22.8 Å². The Bertz CT molecular complexity index is 1590. The van der Waals surface area contributed by atoms with Gasteiger partial charge in [-0.1, -0.05) is 42.5 Å². The van der Waals surface area contributed by atoms with Gasteiger partial charge in [0.15, 0.2) is 0 Å². The van der Waals surface area contributed by atoms with Crippen LogP contribution in [0.15, 0.2) is 83.2 Å². The van der Waals surface area contributed by atoms with Gasteiger partial charge < -0.3 is 10.1 Å². The topological polar surface area (TPSA) is 86.1 Å². The number of benzene rings is 2. The summed E-state index contributed by atoms with van der Waals surface area (Å²) in [7, 11) is 0. The van der Waals surface area contributed by atoms with E-state index < -0.39 is 11.5 Å². The Hall–Kier alpha value is -4.37. The number of thiophene rings is 1. The molecular weight excluding hydrogens is 479 g/mol. The summed E-state index contributed by atoms with van der Waals surface area (Å²) in [6.07, 6.45) is 3.34. The van der Waals surface area contributed by atoms with Crippen molar-refractivity contribution in [2.24, 2.45) is 0 Å². The molecule has 1 N–H and O–H groups in total. The number of hydrogen-bond acceptors (Lipinski definition) is 7. The molecule has 0 aliphatic carbocycles. The summed E-state index contributed by atoms with van der Waals surface area (Å²) in [5.41, 5.74) is 1.15. The van der Waals surface area contributed by atoms with Gasteiger partial charge in [-0.2, -0.15) is 5.10 Å². The van der Waals surface area contributed by atoms with Crippen molar-refractivity contribution >= 4 is 39.5 Å². The van der Waals surface area contributed by atoms with E-state index in [1.165, 1.54) is 40.3 Å². The number of rotatable bonds is 7. The molecule has 9 heteroatoms. The molecule has 3 heterocycles. The third kappa shape index (κ3) is 4.60. The molecule has 0 radical (unpaired) electrons. The van der Waals surface area contributed by atoms with E-state index in [0.29, 0.717) is 28.4 Å². The van der Waals surface area contributed by atoms with Crippen LogP contribution < -0.4 is 10.9 Å². The fourth-order valence-electron chi connectivity index (χ4n) is 3.84. The molecule has 3 aromatic heterocycles. The minimum atomic E-state index is -0.716. The number of ether oxygens (including phenoxy) is 1. The van der Waals surface area contributed by atoms with Crippen LogP contribution in [0.2, 0.25) is 0 Å². The highest BCUT2D eigenvalue weighted by atomic mass is 32.1. The van der Waals surface area contributed by atoms with Crippen LogP contribution in [0.4, 0.5) is 15.8 Å². The van der Waals surface area contributed by atoms with E-state index in [2.05, 4.69) is 15.4 Å². The number of nitrogens with one attached hydrogen (secondary N) is 1. The van der Waals surface area contributed by atoms with Gasteiger partial charge in [0, 0.05) is 23.5 Å². The lowest BCUT2D eigenvalue weighted by molar-refractivity contribution is 0.0474. The van der Waals surface area contributed by atoms with Crippen LogP contribution in [0.5, 0.6) is 0 Å². The van der Waals surface area contributed by atoms with Crippen molar-refractivity contribution in [1.29, 1.82) is 0 Å². The van der Waals surface area contributed by atoms with Crippen LogP contribution >= 0.6 is 11.3 Å². The summed E-state index contributed by atoms with van der Waals surface area (Å²) < 4.78 is 20.2. The van der Waals surface area contributed by atoms with Crippen molar-refractivity contribution < 1.29 is 13.9 Å². The molecule has 7 nitrogen and oxygen atoms in total. The molecule has 0 bridgehead atoms. The predicted octanol–water partition coefficient (Wildman–Crippen LogP) is 5.78. The summed E-state index contributed by atoms with van der Waals surface area (Å²) in [4.78, 5) is 32.0. The number of aryl methyl sites for hydroxylation is 1. The first-order valence-corrected chi connectivity index (χ1v) is 12.1. The maximum Gasteiger partial charge on any atom is 0.343 e. The Kier molecular flexibility index (Phi) is 6.55. The molecule has 0 atom stereocenters. The predicted molar refractivity (Wildman–Crippen MR) is 138 cm³/mol. The van der Waals surface area contributed by atoms with Crippen LogP contribution in [-0.2, 0) is 17.9 Å². The second kappa shape index (κ2) is 10.1. The first-order chi connectivity index (χ1) is 17.5. The summed E-state index contributed by atoms with van der Waals surface area (Å²) in [5.74, 6) is -1.10. The number of fused-ring (bicyclic) bond motifs is 1. The maximum absolute atomic E-state index is 13.5. The van der Waals surface area contributed by atoms with Crippen molar-refractivity contribution in [2.75, 3.05) is 5.32 Å². The highest BCUT2D eigenvalue weighted by molar-refractivity contribution is 7.13. The van der Waals surface area contributed by atoms with Crippen LogP contribution in [0.25, 0.3) is 21.3 Å². The normalized spacial score (nSPS) is 10.9. The highest BCUT2D eigenvalue weighted by Crippen LogP contribution is 2.32. The first kappa shape index (κ1) is 23.4. The quantitative estimate of drug-likeness (QED) is 0.285. The number of esters is 1. The fourth-order valence-corrected chi connectivity index (χ4v) is 4.55. The SMILES string of the molecule is CCn1nc(-c2cccs2)c(C(=O)OCc2ccc(F)cc2)c(Nc2cncc3ccccc23)c1=O. The van der Waals surface area contributed by atoms with Crippen LogP contribution in [0.3, 0.4) is 0 Å². The number of nitrogens with zero attached hydrogens (tertiary/aromatic N) is 3. The summed E-state index contributed by atoms with van der Waals surface area (Å²) in [6, 6.07) is 17.0. The Labute approximate surface area is 209 Å². The molecule has 5 aromatic rings. The van der Waals surface area contributed by atoms with Gasteiger partial charge in [-0.3, -0.25) is 9.78 Å². The second-order valence-corrected chi connectivity index (χ2v) is 8.88. The van der Waals surface area contributed by atoms with Crippen molar-refractivity contribution in [1.82, 2.24) is 14.8 Å². The number of aromatic nitrogens is 3. The van der Waals surface area contributed by atoms with E-state index in [1.54, 1.807) is 12.4 Å². The Balaban J connectivity index is 1.64. The second-order valence-electron chi connectivity index (χ2n) is 7.93. The number of pyridine rings is 1. The van der Waals surface area contributed by atoms with Gasteiger partial charge in [-0.25, -0.2) is 13.9 Å². The molecular formula is C27H21FN4O3S. The molecule has 0 unspecified atom stereocenters. The van der Waals surface area contributed by atoms with Crippen LogP contribution in [0, 0.1) is 5.82 Å².